The molecule has 2 aromatic rings. The van der Waals surface area contributed by atoms with E-state index in [0.29, 0.717) is 4.57 Å². The first-order valence-corrected chi connectivity index (χ1v) is 5.11. The molecule has 7 nitrogen and oxygen atoms in total. The Labute approximate surface area is 105 Å². The van der Waals surface area contributed by atoms with Gasteiger partial charge in [0.05, 0.1) is 0 Å². The molecule has 9 heteroatoms. The van der Waals surface area contributed by atoms with Crippen LogP contribution < -0.4 is 4.74 Å². The van der Waals surface area contributed by atoms with Crippen molar-refractivity contribution in [3.63, 3.8) is 0 Å². The van der Waals surface area contributed by atoms with Crippen LogP contribution in [0, 0.1) is 10.1 Å². The Bertz CT molecular complexity index is 588. The molecule has 2 aromatic heterocycles. The second-order valence-corrected chi connectivity index (χ2v) is 3.40. The van der Waals surface area contributed by atoms with Crippen molar-refractivity contribution >= 4 is 5.82 Å². The smallest absolute Gasteiger partial charge is 0.406 e. The summed E-state index contributed by atoms with van der Waals surface area (Å²) in [5.74, 6) is -0.609. The zero-order valence-corrected chi connectivity index (χ0v) is 9.44. The van der Waals surface area contributed by atoms with E-state index in [-0.39, 0.29) is 18.2 Å². The van der Waals surface area contributed by atoms with Crippen LogP contribution in [0.4, 0.5) is 14.6 Å². The van der Waals surface area contributed by atoms with Gasteiger partial charge in [0.15, 0.2) is 5.82 Å². The van der Waals surface area contributed by atoms with Crippen LogP contribution in [-0.4, -0.2) is 19.5 Å². The van der Waals surface area contributed by atoms with Gasteiger partial charge in [-0.05, 0) is 22.0 Å². The minimum Gasteiger partial charge on any atom is -0.478 e. The molecule has 0 aliphatic rings. The third-order valence-electron chi connectivity index (χ3n) is 2.24. The van der Waals surface area contributed by atoms with Gasteiger partial charge < -0.3 is 14.9 Å². The van der Waals surface area contributed by atoms with Crippen LogP contribution >= 0.6 is 0 Å². The fraction of sp³-hybridized carbons (Fsp3) is 0.200. The number of nitro groups is 1. The lowest BCUT2D eigenvalue weighted by atomic mass is 10.4. The average molecular weight is 270 g/mol. The largest absolute Gasteiger partial charge is 0.478 e. The lowest BCUT2D eigenvalue weighted by Gasteiger charge is -2.08. The molecule has 2 heterocycles. The maximum Gasteiger partial charge on any atom is 0.406 e. The van der Waals surface area contributed by atoms with Crippen molar-refractivity contribution in [1.29, 1.82) is 0 Å². The second-order valence-electron chi connectivity index (χ2n) is 3.40. The van der Waals surface area contributed by atoms with E-state index in [2.05, 4.69) is 9.97 Å². The van der Waals surface area contributed by atoms with Gasteiger partial charge in [-0.15, -0.1) is 0 Å². The number of hydrogen-bond acceptors (Lipinski definition) is 5. The van der Waals surface area contributed by atoms with Gasteiger partial charge in [0.25, 0.3) is 0 Å². The highest BCUT2D eigenvalue weighted by atomic mass is 19.3. The molecule has 0 bridgehead atoms. The summed E-state index contributed by atoms with van der Waals surface area (Å²) < 4.78 is 30.8. The molecule has 0 amide bonds. The molecule has 2 rings (SSSR count). The summed E-state index contributed by atoms with van der Waals surface area (Å²) in [5.41, 5.74) is 0. The first-order chi connectivity index (χ1) is 9.09. The number of aromatic nitrogens is 3. The Morgan fingerprint density at radius 2 is 2.21 bits per heavy atom. The van der Waals surface area contributed by atoms with E-state index in [9.17, 15) is 18.9 Å². The summed E-state index contributed by atoms with van der Waals surface area (Å²) in [6, 6.07) is 2.78. The van der Waals surface area contributed by atoms with E-state index in [0.717, 1.165) is 6.20 Å². The number of imidazole rings is 1. The molecule has 0 atom stereocenters. The standard InChI is InChI=1S/C10H8F2N4O3/c11-10(12)15-5-4-13-8(15)6-19-7-2-1-3-14-9(7)16(17)18/h1-5,10H,6H2. The van der Waals surface area contributed by atoms with Crippen LogP contribution in [0.25, 0.3) is 0 Å². The van der Waals surface area contributed by atoms with Crippen molar-refractivity contribution < 1.29 is 18.4 Å². The Kier molecular flexibility index (Phi) is 3.64. The molecule has 0 radical (unpaired) electrons. The molecule has 0 saturated carbocycles. The van der Waals surface area contributed by atoms with Crippen molar-refractivity contribution in [3.8, 4) is 5.75 Å². The molecule has 0 aliphatic heterocycles. The van der Waals surface area contributed by atoms with Crippen LogP contribution in [0.5, 0.6) is 5.75 Å². The Morgan fingerprint density at radius 3 is 2.89 bits per heavy atom. The summed E-state index contributed by atoms with van der Waals surface area (Å²) in [6.45, 7) is -3.06. The molecule has 19 heavy (non-hydrogen) atoms. The van der Waals surface area contributed by atoms with Gasteiger partial charge in [0, 0.05) is 12.4 Å². The summed E-state index contributed by atoms with van der Waals surface area (Å²) in [5, 5.41) is 10.7. The van der Waals surface area contributed by atoms with Gasteiger partial charge in [-0.25, -0.2) is 4.98 Å². The molecular weight excluding hydrogens is 262 g/mol. The molecule has 0 saturated heterocycles. The van der Waals surface area contributed by atoms with Crippen LogP contribution in [0.2, 0.25) is 0 Å². The summed E-state index contributed by atoms with van der Waals surface area (Å²) in [4.78, 5) is 17.2. The van der Waals surface area contributed by atoms with Gasteiger partial charge in [-0.1, -0.05) is 0 Å². The lowest BCUT2D eigenvalue weighted by molar-refractivity contribution is -0.390. The Morgan fingerprint density at radius 1 is 1.42 bits per heavy atom. The van der Waals surface area contributed by atoms with Crippen molar-refractivity contribution in [3.05, 3.63) is 46.7 Å². The van der Waals surface area contributed by atoms with Gasteiger partial charge in [-0.3, -0.25) is 4.57 Å². The fourth-order valence-electron chi connectivity index (χ4n) is 1.41. The minimum atomic E-state index is -2.75. The topological polar surface area (TPSA) is 83.1 Å². The zero-order chi connectivity index (χ0) is 13.8. The number of pyridine rings is 1. The maximum atomic E-state index is 12.5. The monoisotopic (exact) mass is 270 g/mol. The fourth-order valence-corrected chi connectivity index (χ4v) is 1.41. The van der Waals surface area contributed by atoms with Gasteiger partial charge in [-0.2, -0.15) is 8.78 Å². The highest BCUT2D eigenvalue weighted by molar-refractivity contribution is 5.38. The number of nitrogens with zero attached hydrogens (tertiary/aromatic N) is 4. The highest BCUT2D eigenvalue weighted by Crippen LogP contribution is 2.24. The van der Waals surface area contributed by atoms with Crippen LogP contribution in [0.15, 0.2) is 30.7 Å². The molecule has 0 spiro atoms. The predicted octanol–water partition coefficient (Wildman–Crippen LogP) is 2.16. The summed E-state index contributed by atoms with van der Waals surface area (Å²) >= 11 is 0. The first-order valence-electron chi connectivity index (χ1n) is 5.11. The van der Waals surface area contributed by atoms with Crippen LogP contribution in [-0.2, 0) is 6.61 Å². The molecule has 0 N–H and O–H groups in total. The molecule has 0 aromatic carbocycles. The summed E-state index contributed by atoms with van der Waals surface area (Å²) in [7, 11) is 0. The summed E-state index contributed by atoms with van der Waals surface area (Å²) in [6.07, 6.45) is 3.54. The Hall–Kier alpha value is -2.58. The van der Waals surface area contributed by atoms with Gasteiger partial charge in [0.2, 0.25) is 5.75 Å². The highest BCUT2D eigenvalue weighted by Gasteiger charge is 2.17. The van der Waals surface area contributed by atoms with E-state index in [4.69, 9.17) is 4.74 Å². The Balaban J connectivity index is 2.15. The van der Waals surface area contributed by atoms with Crippen LogP contribution in [0.1, 0.15) is 12.4 Å². The predicted molar refractivity (Wildman–Crippen MR) is 58.7 cm³/mol. The molecule has 0 unspecified atom stereocenters. The average Bonchev–Trinajstić information content (AvgIpc) is 2.85. The van der Waals surface area contributed by atoms with E-state index in [1.165, 1.54) is 24.5 Å². The third kappa shape index (κ3) is 2.81. The number of halogens is 2. The number of rotatable bonds is 5. The SMILES string of the molecule is O=[N+]([O-])c1ncccc1OCc1nccn1C(F)F. The first kappa shape index (κ1) is 12.9. The van der Waals surface area contributed by atoms with Crippen molar-refractivity contribution in [2.24, 2.45) is 0 Å². The molecule has 100 valence electrons. The van der Waals surface area contributed by atoms with E-state index in [1.54, 1.807) is 0 Å². The van der Waals surface area contributed by atoms with Crippen molar-refractivity contribution in [2.75, 3.05) is 0 Å². The number of ether oxygens (including phenoxy) is 1. The normalized spacial score (nSPS) is 10.7. The minimum absolute atomic E-state index is 0.0341. The molecular formula is C10H8F2N4O3. The quantitative estimate of drug-likeness (QED) is 0.614. The number of hydrogen-bond donors (Lipinski definition) is 0. The van der Waals surface area contributed by atoms with Crippen LogP contribution in [0.3, 0.4) is 0 Å². The molecule has 0 fully saturated rings. The van der Waals surface area contributed by atoms with E-state index < -0.39 is 17.3 Å². The zero-order valence-electron chi connectivity index (χ0n) is 9.44. The van der Waals surface area contributed by atoms with Crippen molar-refractivity contribution in [1.82, 2.24) is 14.5 Å². The maximum absolute atomic E-state index is 12.5. The van der Waals surface area contributed by atoms with E-state index in [1.807, 2.05) is 0 Å². The van der Waals surface area contributed by atoms with Gasteiger partial charge >= 0.3 is 12.4 Å². The van der Waals surface area contributed by atoms with Crippen molar-refractivity contribution in [2.45, 2.75) is 13.2 Å². The third-order valence-corrected chi connectivity index (χ3v) is 2.24. The number of alkyl halides is 2. The molecule has 0 aliphatic carbocycles. The lowest BCUT2D eigenvalue weighted by Crippen LogP contribution is -2.08. The second kappa shape index (κ2) is 5.38. The van der Waals surface area contributed by atoms with Gasteiger partial charge in [0.1, 0.15) is 12.8 Å². The van der Waals surface area contributed by atoms with E-state index >= 15 is 0 Å².